The lowest BCUT2D eigenvalue weighted by Crippen LogP contribution is -2.49. The molecule has 0 spiro atoms. The molecule has 27 heavy (non-hydrogen) atoms. The number of carbonyl (C=O) groups excluding carboxylic acids is 1. The van der Waals surface area contributed by atoms with E-state index < -0.39 is 0 Å². The number of anilines is 1. The average Bonchev–Trinajstić information content (AvgIpc) is 3.03. The van der Waals surface area contributed by atoms with Gasteiger partial charge in [0.1, 0.15) is 5.82 Å². The van der Waals surface area contributed by atoms with Crippen LogP contribution in [0.2, 0.25) is 0 Å². The van der Waals surface area contributed by atoms with Crippen molar-refractivity contribution in [2.75, 3.05) is 36.8 Å². The van der Waals surface area contributed by atoms with Gasteiger partial charge in [-0.2, -0.15) is 0 Å². The van der Waals surface area contributed by atoms with Crippen LogP contribution in [0.15, 0.2) is 53.7 Å². The summed E-state index contributed by atoms with van der Waals surface area (Å²) in [6, 6.07) is 14.7. The van der Waals surface area contributed by atoms with E-state index in [0.29, 0.717) is 37.6 Å². The van der Waals surface area contributed by atoms with Gasteiger partial charge in [-0.05, 0) is 24.3 Å². The van der Waals surface area contributed by atoms with Gasteiger partial charge in [-0.25, -0.2) is 9.37 Å². The molecule has 140 valence electrons. The minimum Gasteiger partial charge on any atom is -0.366 e. The fraction of sp³-hybridized carbons (Fsp3) is 0.300. The summed E-state index contributed by atoms with van der Waals surface area (Å²) in [5, 5.41) is 0.842. The number of imidazole rings is 1. The van der Waals surface area contributed by atoms with Crippen LogP contribution in [-0.4, -0.2) is 52.3 Å². The van der Waals surface area contributed by atoms with Crippen molar-refractivity contribution in [1.82, 2.24) is 14.5 Å². The van der Waals surface area contributed by atoms with Crippen molar-refractivity contribution < 1.29 is 9.18 Å². The molecule has 7 heteroatoms. The van der Waals surface area contributed by atoms with E-state index in [2.05, 4.69) is 4.98 Å². The first-order valence-corrected chi connectivity index (χ1v) is 9.93. The van der Waals surface area contributed by atoms with Gasteiger partial charge in [0.15, 0.2) is 5.16 Å². The highest BCUT2D eigenvalue weighted by atomic mass is 32.2. The van der Waals surface area contributed by atoms with Crippen LogP contribution in [0, 0.1) is 5.82 Å². The van der Waals surface area contributed by atoms with E-state index in [-0.39, 0.29) is 11.7 Å². The van der Waals surface area contributed by atoms with Crippen LogP contribution < -0.4 is 4.90 Å². The van der Waals surface area contributed by atoms with Gasteiger partial charge < -0.3 is 14.4 Å². The van der Waals surface area contributed by atoms with Crippen molar-refractivity contribution in [3.63, 3.8) is 0 Å². The average molecular weight is 384 g/mol. The second-order valence-electron chi connectivity index (χ2n) is 6.55. The maximum atomic E-state index is 13.9. The summed E-state index contributed by atoms with van der Waals surface area (Å²) >= 11 is 1.46. The Hall–Kier alpha value is -2.54. The van der Waals surface area contributed by atoms with E-state index in [1.807, 2.05) is 51.7 Å². The number of hydrogen-bond donors (Lipinski definition) is 0. The van der Waals surface area contributed by atoms with Crippen LogP contribution in [0.4, 0.5) is 10.1 Å². The third-order valence-electron chi connectivity index (χ3n) is 4.90. The van der Waals surface area contributed by atoms with Crippen molar-refractivity contribution in [1.29, 1.82) is 0 Å². The van der Waals surface area contributed by atoms with E-state index in [4.69, 9.17) is 0 Å². The molecule has 4 rings (SSSR count). The van der Waals surface area contributed by atoms with Crippen LogP contribution in [-0.2, 0) is 11.8 Å². The van der Waals surface area contributed by atoms with E-state index in [1.54, 1.807) is 12.1 Å². The number of aryl methyl sites for hydroxylation is 1. The van der Waals surface area contributed by atoms with Crippen LogP contribution in [0.3, 0.4) is 0 Å². The topological polar surface area (TPSA) is 41.4 Å². The molecule has 1 amide bonds. The fourth-order valence-corrected chi connectivity index (χ4v) is 4.27. The van der Waals surface area contributed by atoms with Gasteiger partial charge in [0.25, 0.3) is 0 Å². The Bertz CT molecular complexity index is 966. The van der Waals surface area contributed by atoms with Crippen LogP contribution in [0.5, 0.6) is 0 Å². The number of hydrogen-bond acceptors (Lipinski definition) is 4. The molecule has 1 fully saturated rings. The Kier molecular flexibility index (Phi) is 5.03. The smallest absolute Gasteiger partial charge is 0.233 e. The maximum absolute atomic E-state index is 13.9. The number of halogens is 1. The zero-order valence-electron chi connectivity index (χ0n) is 15.1. The molecule has 0 unspecified atom stereocenters. The number of amides is 1. The SMILES string of the molecule is Cn1c(SCC(=O)N2CCN(c3ccccc3F)CC2)nc2ccccc21. The van der Waals surface area contributed by atoms with Crippen molar-refractivity contribution in [2.45, 2.75) is 5.16 Å². The Morgan fingerprint density at radius 2 is 1.78 bits per heavy atom. The van der Waals surface area contributed by atoms with Crippen LogP contribution in [0.1, 0.15) is 0 Å². The minimum absolute atomic E-state index is 0.0974. The number of fused-ring (bicyclic) bond motifs is 1. The summed E-state index contributed by atoms with van der Waals surface area (Å²) in [7, 11) is 1.97. The monoisotopic (exact) mass is 384 g/mol. The molecular formula is C20H21FN4OS. The van der Waals surface area contributed by atoms with E-state index in [9.17, 15) is 9.18 Å². The summed E-state index contributed by atoms with van der Waals surface area (Å²) in [4.78, 5) is 21.0. The van der Waals surface area contributed by atoms with Gasteiger partial charge >= 0.3 is 0 Å². The number of benzene rings is 2. The van der Waals surface area contributed by atoms with Gasteiger partial charge in [-0.1, -0.05) is 36.0 Å². The number of thioether (sulfide) groups is 1. The summed E-state index contributed by atoms with van der Waals surface area (Å²) in [5.74, 6) is 0.242. The molecule has 2 heterocycles. The highest BCUT2D eigenvalue weighted by Crippen LogP contribution is 2.24. The zero-order valence-corrected chi connectivity index (χ0v) is 16.0. The molecule has 0 saturated carbocycles. The molecule has 5 nitrogen and oxygen atoms in total. The van der Waals surface area contributed by atoms with Crippen molar-refractivity contribution >= 4 is 34.4 Å². The Labute approximate surface area is 161 Å². The lowest BCUT2D eigenvalue weighted by molar-refractivity contribution is -0.128. The van der Waals surface area contributed by atoms with E-state index in [0.717, 1.165) is 16.2 Å². The van der Waals surface area contributed by atoms with Crippen molar-refractivity contribution in [2.24, 2.45) is 7.05 Å². The molecule has 0 N–H and O–H groups in total. The first kappa shape index (κ1) is 17.9. The number of para-hydroxylation sites is 3. The maximum Gasteiger partial charge on any atom is 0.233 e. The van der Waals surface area contributed by atoms with Gasteiger partial charge in [0.05, 0.1) is 22.5 Å². The molecule has 1 aliphatic rings. The lowest BCUT2D eigenvalue weighted by atomic mass is 10.2. The summed E-state index contributed by atoms with van der Waals surface area (Å²) in [6.07, 6.45) is 0. The molecule has 1 saturated heterocycles. The van der Waals surface area contributed by atoms with Gasteiger partial charge in [-0.15, -0.1) is 0 Å². The van der Waals surface area contributed by atoms with Gasteiger partial charge in [0.2, 0.25) is 5.91 Å². The van der Waals surface area contributed by atoms with Gasteiger partial charge in [0, 0.05) is 33.2 Å². The van der Waals surface area contributed by atoms with Crippen molar-refractivity contribution in [3.8, 4) is 0 Å². The molecule has 0 radical (unpaired) electrons. The first-order chi connectivity index (χ1) is 13.1. The van der Waals surface area contributed by atoms with Gasteiger partial charge in [-0.3, -0.25) is 4.79 Å². The highest BCUT2D eigenvalue weighted by Gasteiger charge is 2.23. The molecule has 1 aliphatic heterocycles. The molecule has 0 aliphatic carbocycles. The lowest BCUT2D eigenvalue weighted by Gasteiger charge is -2.36. The summed E-state index contributed by atoms with van der Waals surface area (Å²) < 4.78 is 15.9. The zero-order chi connectivity index (χ0) is 18.8. The quantitative estimate of drug-likeness (QED) is 0.648. The molecule has 2 aromatic carbocycles. The molecule has 0 atom stereocenters. The number of carbonyl (C=O) groups is 1. The molecule has 1 aromatic heterocycles. The first-order valence-electron chi connectivity index (χ1n) is 8.95. The Morgan fingerprint density at radius 3 is 2.52 bits per heavy atom. The fourth-order valence-electron chi connectivity index (χ4n) is 3.38. The van der Waals surface area contributed by atoms with E-state index >= 15 is 0 Å². The number of aromatic nitrogens is 2. The standard InChI is InChI=1S/C20H21FN4OS/c1-23-18-9-5-3-7-16(18)22-20(23)27-14-19(26)25-12-10-24(11-13-25)17-8-4-2-6-15(17)21/h2-9H,10-14H2,1H3. The largest absolute Gasteiger partial charge is 0.366 e. The van der Waals surface area contributed by atoms with Crippen molar-refractivity contribution in [3.05, 3.63) is 54.3 Å². The van der Waals surface area contributed by atoms with E-state index in [1.165, 1.54) is 17.8 Å². The third kappa shape index (κ3) is 3.64. The second kappa shape index (κ2) is 7.60. The number of piperazine rings is 1. The summed E-state index contributed by atoms with van der Waals surface area (Å²) in [6.45, 7) is 2.50. The molecular weight excluding hydrogens is 363 g/mol. The second-order valence-corrected chi connectivity index (χ2v) is 7.49. The van der Waals surface area contributed by atoms with Crippen LogP contribution in [0.25, 0.3) is 11.0 Å². The predicted octanol–water partition coefficient (Wildman–Crippen LogP) is 3.15. The Balaban J connectivity index is 1.34. The third-order valence-corrected chi connectivity index (χ3v) is 5.91. The highest BCUT2D eigenvalue weighted by molar-refractivity contribution is 7.99. The molecule has 3 aromatic rings. The normalized spacial score (nSPS) is 14.7. The minimum atomic E-state index is -0.213. The summed E-state index contributed by atoms with van der Waals surface area (Å²) in [5.41, 5.74) is 2.61. The van der Waals surface area contributed by atoms with Crippen LogP contribution >= 0.6 is 11.8 Å². The molecule has 0 bridgehead atoms. The Morgan fingerprint density at radius 1 is 1.07 bits per heavy atom. The number of nitrogens with zero attached hydrogens (tertiary/aromatic N) is 4. The predicted molar refractivity (Wildman–Crippen MR) is 107 cm³/mol. The number of rotatable bonds is 4.